The van der Waals surface area contributed by atoms with Gasteiger partial charge in [0.25, 0.3) is 0 Å². The standard InChI is InChI=1S/C15H23N3O/c16-14-7-3-2-6-13(14)12-17-9-8-15(19)18-10-4-1-5-11-18/h2-3,6-7,17H,1,4-5,8-12,16H2. The molecular weight excluding hydrogens is 238 g/mol. The Labute approximate surface area is 115 Å². The molecule has 0 aliphatic carbocycles. The summed E-state index contributed by atoms with van der Waals surface area (Å²) in [5, 5.41) is 3.29. The third-order valence-electron chi connectivity index (χ3n) is 3.59. The van der Waals surface area contributed by atoms with Crippen molar-refractivity contribution in [2.45, 2.75) is 32.2 Å². The van der Waals surface area contributed by atoms with Crippen LogP contribution in [0.2, 0.25) is 0 Å². The van der Waals surface area contributed by atoms with E-state index in [1.54, 1.807) is 0 Å². The van der Waals surface area contributed by atoms with E-state index in [-0.39, 0.29) is 5.91 Å². The Kier molecular flexibility index (Phi) is 5.21. The van der Waals surface area contributed by atoms with Crippen molar-refractivity contribution >= 4 is 11.6 Å². The van der Waals surface area contributed by atoms with Crippen LogP contribution >= 0.6 is 0 Å². The lowest BCUT2D eigenvalue weighted by molar-refractivity contribution is -0.131. The molecule has 0 radical (unpaired) electrons. The Morgan fingerprint density at radius 3 is 2.68 bits per heavy atom. The van der Waals surface area contributed by atoms with Crippen molar-refractivity contribution in [1.82, 2.24) is 10.2 Å². The number of benzene rings is 1. The normalized spacial score (nSPS) is 15.5. The Balaban J connectivity index is 1.66. The molecule has 0 aromatic heterocycles. The fourth-order valence-electron chi connectivity index (χ4n) is 2.41. The maximum atomic E-state index is 11.9. The van der Waals surface area contributed by atoms with Crippen LogP contribution in [0, 0.1) is 0 Å². The highest BCUT2D eigenvalue weighted by Gasteiger charge is 2.15. The number of carbonyl (C=O) groups is 1. The molecule has 1 aliphatic rings. The second-order valence-corrected chi connectivity index (χ2v) is 5.07. The van der Waals surface area contributed by atoms with Gasteiger partial charge in [-0.1, -0.05) is 18.2 Å². The first-order valence-electron chi connectivity index (χ1n) is 7.09. The van der Waals surface area contributed by atoms with Gasteiger partial charge in [0, 0.05) is 38.3 Å². The van der Waals surface area contributed by atoms with Gasteiger partial charge in [-0.05, 0) is 30.9 Å². The highest BCUT2D eigenvalue weighted by atomic mass is 16.2. The van der Waals surface area contributed by atoms with Gasteiger partial charge in [0.2, 0.25) is 5.91 Å². The number of piperidine rings is 1. The summed E-state index contributed by atoms with van der Waals surface area (Å²) >= 11 is 0. The molecule has 2 rings (SSSR count). The summed E-state index contributed by atoms with van der Waals surface area (Å²) in [4.78, 5) is 13.9. The first kappa shape index (κ1) is 13.9. The summed E-state index contributed by atoms with van der Waals surface area (Å²) in [5.41, 5.74) is 7.76. The van der Waals surface area contributed by atoms with E-state index in [9.17, 15) is 4.79 Å². The predicted octanol–water partition coefficient (Wildman–Crippen LogP) is 1.76. The summed E-state index contributed by atoms with van der Waals surface area (Å²) < 4.78 is 0. The largest absolute Gasteiger partial charge is 0.398 e. The molecular formula is C15H23N3O. The molecule has 0 atom stereocenters. The molecule has 0 unspecified atom stereocenters. The molecule has 0 bridgehead atoms. The van der Waals surface area contributed by atoms with Gasteiger partial charge in [-0.2, -0.15) is 0 Å². The molecule has 1 heterocycles. The molecule has 1 aliphatic heterocycles. The number of carbonyl (C=O) groups excluding carboxylic acids is 1. The van der Waals surface area contributed by atoms with Crippen LogP contribution in [-0.2, 0) is 11.3 Å². The van der Waals surface area contributed by atoms with Gasteiger partial charge in [-0.3, -0.25) is 4.79 Å². The van der Waals surface area contributed by atoms with Gasteiger partial charge >= 0.3 is 0 Å². The van der Waals surface area contributed by atoms with Gasteiger partial charge in [0.05, 0.1) is 0 Å². The van der Waals surface area contributed by atoms with Crippen LogP contribution in [0.1, 0.15) is 31.2 Å². The first-order chi connectivity index (χ1) is 9.27. The molecule has 1 saturated heterocycles. The van der Waals surface area contributed by atoms with Crippen LogP contribution in [0.15, 0.2) is 24.3 Å². The minimum Gasteiger partial charge on any atom is -0.398 e. The van der Waals surface area contributed by atoms with Gasteiger partial charge < -0.3 is 16.0 Å². The van der Waals surface area contributed by atoms with E-state index in [0.29, 0.717) is 13.0 Å². The molecule has 1 aromatic rings. The van der Waals surface area contributed by atoms with Crippen LogP contribution in [0.3, 0.4) is 0 Å². The molecule has 0 saturated carbocycles. The number of hydrogen-bond acceptors (Lipinski definition) is 3. The molecule has 4 nitrogen and oxygen atoms in total. The van der Waals surface area contributed by atoms with Crippen molar-refractivity contribution in [3.8, 4) is 0 Å². The third kappa shape index (κ3) is 4.24. The molecule has 1 amide bonds. The number of anilines is 1. The van der Waals surface area contributed by atoms with Gasteiger partial charge in [-0.25, -0.2) is 0 Å². The number of nitrogens with one attached hydrogen (secondary N) is 1. The number of hydrogen-bond donors (Lipinski definition) is 2. The average molecular weight is 261 g/mol. The fraction of sp³-hybridized carbons (Fsp3) is 0.533. The molecule has 1 fully saturated rings. The van der Waals surface area contributed by atoms with E-state index in [1.807, 2.05) is 29.2 Å². The van der Waals surface area contributed by atoms with Gasteiger partial charge in [0.15, 0.2) is 0 Å². The van der Waals surface area contributed by atoms with Crippen molar-refractivity contribution in [1.29, 1.82) is 0 Å². The minimum absolute atomic E-state index is 0.272. The highest BCUT2D eigenvalue weighted by Crippen LogP contribution is 2.11. The smallest absolute Gasteiger partial charge is 0.223 e. The van der Waals surface area contributed by atoms with Crippen molar-refractivity contribution < 1.29 is 4.79 Å². The second kappa shape index (κ2) is 7.14. The van der Waals surface area contributed by atoms with E-state index < -0.39 is 0 Å². The zero-order valence-electron chi connectivity index (χ0n) is 11.4. The maximum absolute atomic E-state index is 11.9. The van der Waals surface area contributed by atoms with Crippen LogP contribution in [0.4, 0.5) is 5.69 Å². The van der Waals surface area contributed by atoms with E-state index in [1.165, 1.54) is 6.42 Å². The van der Waals surface area contributed by atoms with Crippen LogP contribution in [0.25, 0.3) is 0 Å². The number of nitrogens with zero attached hydrogens (tertiary/aromatic N) is 1. The van der Waals surface area contributed by atoms with Crippen molar-refractivity contribution in [3.63, 3.8) is 0 Å². The number of nitrogen functional groups attached to an aromatic ring is 1. The van der Waals surface area contributed by atoms with Crippen LogP contribution < -0.4 is 11.1 Å². The maximum Gasteiger partial charge on any atom is 0.223 e. The zero-order chi connectivity index (χ0) is 13.5. The first-order valence-corrected chi connectivity index (χ1v) is 7.09. The molecule has 1 aromatic carbocycles. The van der Waals surface area contributed by atoms with Crippen LogP contribution in [0.5, 0.6) is 0 Å². The summed E-state index contributed by atoms with van der Waals surface area (Å²) in [7, 11) is 0. The van der Waals surface area contributed by atoms with Gasteiger partial charge in [-0.15, -0.1) is 0 Å². The van der Waals surface area contributed by atoms with Crippen molar-refractivity contribution in [3.05, 3.63) is 29.8 Å². The SMILES string of the molecule is Nc1ccccc1CNCCC(=O)N1CCCCC1. The minimum atomic E-state index is 0.272. The van der Waals surface area contributed by atoms with Crippen molar-refractivity contribution in [2.75, 3.05) is 25.4 Å². The number of amides is 1. The lowest BCUT2D eigenvalue weighted by Crippen LogP contribution is -2.37. The Morgan fingerprint density at radius 1 is 1.21 bits per heavy atom. The summed E-state index contributed by atoms with van der Waals surface area (Å²) in [6.07, 6.45) is 4.14. The summed E-state index contributed by atoms with van der Waals surface area (Å²) in [6, 6.07) is 7.82. The Bertz CT molecular complexity index is 414. The fourth-order valence-corrected chi connectivity index (χ4v) is 2.41. The molecule has 19 heavy (non-hydrogen) atoms. The summed E-state index contributed by atoms with van der Waals surface area (Å²) in [6.45, 7) is 3.30. The van der Waals surface area contributed by atoms with E-state index in [4.69, 9.17) is 5.73 Å². The monoisotopic (exact) mass is 261 g/mol. The third-order valence-corrected chi connectivity index (χ3v) is 3.59. The molecule has 4 heteroatoms. The lowest BCUT2D eigenvalue weighted by Gasteiger charge is -2.26. The molecule has 0 spiro atoms. The molecule has 3 N–H and O–H groups in total. The predicted molar refractivity (Wildman–Crippen MR) is 77.6 cm³/mol. The number of likely N-dealkylation sites (tertiary alicyclic amines) is 1. The summed E-state index contributed by atoms with van der Waals surface area (Å²) in [5.74, 6) is 0.272. The molecule has 104 valence electrons. The van der Waals surface area contributed by atoms with E-state index in [0.717, 1.165) is 43.7 Å². The zero-order valence-corrected chi connectivity index (χ0v) is 11.4. The Hall–Kier alpha value is -1.55. The average Bonchev–Trinajstić information content (AvgIpc) is 2.46. The quantitative estimate of drug-likeness (QED) is 0.627. The Morgan fingerprint density at radius 2 is 1.95 bits per heavy atom. The van der Waals surface area contributed by atoms with Crippen molar-refractivity contribution in [2.24, 2.45) is 0 Å². The number of rotatable bonds is 5. The van der Waals surface area contributed by atoms with Gasteiger partial charge in [0.1, 0.15) is 0 Å². The van der Waals surface area contributed by atoms with E-state index >= 15 is 0 Å². The van der Waals surface area contributed by atoms with E-state index in [2.05, 4.69) is 5.32 Å². The van der Waals surface area contributed by atoms with Crippen LogP contribution in [-0.4, -0.2) is 30.4 Å². The highest BCUT2D eigenvalue weighted by molar-refractivity contribution is 5.76. The lowest BCUT2D eigenvalue weighted by atomic mass is 10.1. The number of nitrogens with two attached hydrogens (primary N) is 1. The second-order valence-electron chi connectivity index (χ2n) is 5.07. The number of para-hydroxylation sites is 1. The topological polar surface area (TPSA) is 58.4 Å².